The highest BCUT2D eigenvalue weighted by atomic mass is 16.2. The Morgan fingerprint density at radius 2 is 1.96 bits per heavy atom. The summed E-state index contributed by atoms with van der Waals surface area (Å²) in [5.41, 5.74) is 2.12. The standard InChI is InChI=1S/C19H29N3O/c1-15(2)11-14-22(16-9-10-16)19(23)20-17-7-3-4-8-18(17)21-12-5-6-13-21/h3-4,7-8,15-16H,5-6,9-14H2,1-2H3,(H,20,23). The van der Waals surface area contributed by atoms with Gasteiger partial charge in [0.15, 0.2) is 0 Å². The van der Waals surface area contributed by atoms with Gasteiger partial charge in [-0.05, 0) is 50.2 Å². The Labute approximate surface area is 139 Å². The van der Waals surface area contributed by atoms with Gasteiger partial charge in [-0.3, -0.25) is 0 Å². The molecule has 126 valence electrons. The number of hydrogen-bond donors (Lipinski definition) is 1. The number of anilines is 2. The van der Waals surface area contributed by atoms with E-state index in [1.807, 2.05) is 17.0 Å². The molecule has 0 spiro atoms. The Bertz CT molecular complexity index is 533. The van der Waals surface area contributed by atoms with Crippen LogP contribution in [0.4, 0.5) is 16.2 Å². The molecule has 0 unspecified atom stereocenters. The minimum atomic E-state index is 0.0693. The first-order valence-corrected chi connectivity index (χ1v) is 9.07. The quantitative estimate of drug-likeness (QED) is 0.848. The van der Waals surface area contributed by atoms with Gasteiger partial charge in [0.2, 0.25) is 0 Å². The molecule has 0 aromatic heterocycles. The normalized spacial score (nSPS) is 17.6. The van der Waals surface area contributed by atoms with Crippen molar-refractivity contribution in [2.75, 3.05) is 29.9 Å². The van der Waals surface area contributed by atoms with Crippen molar-refractivity contribution in [1.82, 2.24) is 4.90 Å². The number of carbonyl (C=O) groups excluding carboxylic acids is 1. The number of hydrogen-bond acceptors (Lipinski definition) is 2. The molecule has 2 aliphatic rings. The minimum Gasteiger partial charge on any atom is -0.370 e. The molecule has 1 saturated heterocycles. The first-order valence-electron chi connectivity index (χ1n) is 9.07. The van der Waals surface area contributed by atoms with E-state index in [-0.39, 0.29) is 6.03 Å². The fourth-order valence-corrected chi connectivity index (χ4v) is 3.23. The molecule has 1 aromatic carbocycles. The van der Waals surface area contributed by atoms with Crippen LogP contribution in [-0.2, 0) is 0 Å². The van der Waals surface area contributed by atoms with Crippen LogP contribution in [0.2, 0.25) is 0 Å². The number of carbonyl (C=O) groups is 1. The van der Waals surface area contributed by atoms with E-state index >= 15 is 0 Å². The van der Waals surface area contributed by atoms with E-state index in [1.54, 1.807) is 0 Å². The molecule has 0 bridgehead atoms. The van der Waals surface area contributed by atoms with E-state index in [9.17, 15) is 4.79 Å². The zero-order chi connectivity index (χ0) is 16.2. The minimum absolute atomic E-state index is 0.0693. The Morgan fingerprint density at radius 1 is 1.26 bits per heavy atom. The lowest BCUT2D eigenvalue weighted by molar-refractivity contribution is 0.205. The third kappa shape index (κ3) is 4.18. The van der Waals surface area contributed by atoms with Crippen molar-refractivity contribution in [2.45, 2.75) is 52.0 Å². The predicted molar refractivity (Wildman–Crippen MR) is 96.1 cm³/mol. The van der Waals surface area contributed by atoms with Gasteiger partial charge in [0.25, 0.3) is 0 Å². The van der Waals surface area contributed by atoms with Crippen molar-refractivity contribution < 1.29 is 4.79 Å². The maximum atomic E-state index is 12.8. The summed E-state index contributed by atoms with van der Waals surface area (Å²) < 4.78 is 0. The van der Waals surface area contributed by atoms with E-state index in [0.29, 0.717) is 12.0 Å². The Morgan fingerprint density at radius 3 is 2.61 bits per heavy atom. The second-order valence-corrected chi connectivity index (χ2v) is 7.25. The van der Waals surface area contributed by atoms with Gasteiger partial charge in [-0.2, -0.15) is 0 Å². The highest BCUT2D eigenvalue weighted by Crippen LogP contribution is 2.31. The molecule has 4 nitrogen and oxygen atoms in total. The van der Waals surface area contributed by atoms with Crippen LogP contribution in [0.5, 0.6) is 0 Å². The number of para-hydroxylation sites is 2. The van der Waals surface area contributed by atoms with Gasteiger partial charge >= 0.3 is 6.03 Å². The Hall–Kier alpha value is -1.71. The first kappa shape index (κ1) is 16.2. The first-order chi connectivity index (χ1) is 11.1. The molecule has 2 fully saturated rings. The largest absolute Gasteiger partial charge is 0.370 e. The Kier molecular flexibility index (Phi) is 5.09. The number of benzene rings is 1. The second-order valence-electron chi connectivity index (χ2n) is 7.25. The molecule has 2 amide bonds. The molecular weight excluding hydrogens is 286 g/mol. The van der Waals surface area contributed by atoms with Crippen LogP contribution in [0.15, 0.2) is 24.3 Å². The van der Waals surface area contributed by atoms with Gasteiger partial charge in [0.1, 0.15) is 0 Å². The van der Waals surface area contributed by atoms with E-state index in [2.05, 4.69) is 36.2 Å². The van der Waals surface area contributed by atoms with Gasteiger partial charge in [-0.1, -0.05) is 26.0 Å². The van der Waals surface area contributed by atoms with E-state index in [0.717, 1.165) is 50.3 Å². The lowest BCUT2D eigenvalue weighted by Crippen LogP contribution is -2.38. The van der Waals surface area contributed by atoms with E-state index in [1.165, 1.54) is 12.8 Å². The topological polar surface area (TPSA) is 35.6 Å². The summed E-state index contributed by atoms with van der Waals surface area (Å²) in [4.78, 5) is 17.2. The smallest absolute Gasteiger partial charge is 0.322 e. The summed E-state index contributed by atoms with van der Waals surface area (Å²) in [6.45, 7) is 7.47. The maximum absolute atomic E-state index is 12.8. The average molecular weight is 315 g/mol. The lowest BCUT2D eigenvalue weighted by Gasteiger charge is -2.26. The molecule has 1 N–H and O–H groups in total. The lowest BCUT2D eigenvalue weighted by atomic mass is 10.1. The highest BCUT2D eigenvalue weighted by Gasteiger charge is 2.32. The zero-order valence-electron chi connectivity index (χ0n) is 14.4. The van der Waals surface area contributed by atoms with Crippen LogP contribution < -0.4 is 10.2 Å². The molecule has 1 aliphatic carbocycles. The maximum Gasteiger partial charge on any atom is 0.322 e. The van der Waals surface area contributed by atoms with E-state index < -0.39 is 0 Å². The summed E-state index contributed by atoms with van der Waals surface area (Å²) in [6, 6.07) is 8.73. The van der Waals surface area contributed by atoms with Gasteiger partial charge in [0.05, 0.1) is 11.4 Å². The summed E-state index contributed by atoms with van der Waals surface area (Å²) in [7, 11) is 0. The molecule has 0 radical (unpaired) electrons. The predicted octanol–water partition coefficient (Wildman–Crippen LogP) is 4.33. The number of amides is 2. The number of nitrogens with zero attached hydrogens (tertiary/aromatic N) is 2. The molecule has 1 saturated carbocycles. The van der Waals surface area contributed by atoms with Crippen molar-refractivity contribution in [3.05, 3.63) is 24.3 Å². The third-order valence-electron chi connectivity index (χ3n) is 4.79. The number of rotatable bonds is 6. The summed E-state index contributed by atoms with van der Waals surface area (Å²) in [6.07, 6.45) is 5.85. The SMILES string of the molecule is CC(C)CCN(C(=O)Nc1ccccc1N1CCCC1)C1CC1. The molecule has 3 rings (SSSR count). The van der Waals surface area contributed by atoms with Gasteiger partial charge < -0.3 is 15.1 Å². The van der Waals surface area contributed by atoms with Crippen LogP contribution in [0.25, 0.3) is 0 Å². The molecule has 4 heteroatoms. The zero-order valence-corrected chi connectivity index (χ0v) is 14.4. The third-order valence-corrected chi connectivity index (χ3v) is 4.79. The van der Waals surface area contributed by atoms with E-state index in [4.69, 9.17) is 0 Å². The van der Waals surface area contributed by atoms with Crippen LogP contribution >= 0.6 is 0 Å². The molecular formula is C19H29N3O. The average Bonchev–Trinajstić information content (AvgIpc) is 3.21. The summed E-state index contributed by atoms with van der Waals surface area (Å²) >= 11 is 0. The molecule has 0 atom stereocenters. The van der Waals surface area contributed by atoms with Crippen LogP contribution in [0.3, 0.4) is 0 Å². The summed E-state index contributed by atoms with van der Waals surface area (Å²) in [5, 5.41) is 3.18. The fraction of sp³-hybridized carbons (Fsp3) is 0.632. The molecule has 1 aliphatic heterocycles. The van der Waals surface area contributed by atoms with Gasteiger partial charge in [-0.15, -0.1) is 0 Å². The van der Waals surface area contributed by atoms with Crippen LogP contribution in [0, 0.1) is 5.92 Å². The monoisotopic (exact) mass is 315 g/mol. The van der Waals surface area contributed by atoms with Crippen molar-refractivity contribution in [2.24, 2.45) is 5.92 Å². The molecule has 1 heterocycles. The summed E-state index contributed by atoms with van der Waals surface area (Å²) in [5.74, 6) is 0.626. The van der Waals surface area contributed by atoms with Gasteiger partial charge in [-0.25, -0.2) is 4.79 Å². The van der Waals surface area contributed by atoms with Crippen molar-refractivity contribution in [3.8, 4) is 0 Å². The second kappa shape index (κ2) is 7.24. The van der Waals surface area contributed by atoms with Crippen LogP contribution in [0.1, 0.15) is 46.0 Å². The van der Waals surface area contributed by atoms with Crippen molar-refractivity contribution in [1.29, 1.82) is 0 Å². The van der Waals surface area contributed by atoms with Crippen molar-refractivity contribution in [3.63, 3.8) is 0 Å². The fourth-order valence-electron chi connectivity index (χ4n) is 3.23. The number of nitrogens with one attached hydrogen (secondary N) is 1. The van der Waals surface area contributed by atoms with Gasteiger partial charge in [0, 0.05) is 25.7 Å². The Balaban J connectivity index is 1.68. The van der Waals surface area contributed by atoms with Crippen molar-refractivity contribution >= 4 is 17.4 Å². The highest BCUT2D eigenvalue weighted by molar-refractivity contribution is 5.93. The molecule has 1 aromatic rings. The number of urea groups is 1. The molecule has 23 heavy (non-hydrogen) atoms. The van der Waals surface area contributed by atoms with Crippen LogP contribution in [-0.4, -0.2) is 36.6 Å².